The summed E-state index contributed by atoms with van der Waals surface area (Å²) in [5, 5.41) is 7.31. The van der Waals surface area contributed by atoms with Gasteiger partial charge in [0.2, 0.25) is 0 Å². The summed E-state index contributed by atoms with van der Waals surface area (Å²) in [6, 6.07) is 0. The predicted octanol–water partition coefficient (Wildman–Crippen LogP) is 2.42. The molecule has 5 heteroatoms. The van der Waals surface area contributed by atoms with Crippen LogP contribution in [-0.2, 0) is 0 Å². The average molecular weight is 266 g/mol. The first-order valence-electron chi connectivity index (χ1n) is 6.77. The van der Waals surface area contributed by atoms with Crippen LogP contribution in [0.1, 0.15) is 47.7 Å². The third kappa shape index (κ3) is 1.51. The first-order valence-corrected chi connectivity index (χ1v) is 7.15. The van der Waals surface area contributed by atoms with Crippen LogP contribution in [-0.4, -0.2) is 34.1 Å². The third-order valence-electron chi connectivity index (χ3n) is 4.72. The van der Waals surface area contributed by atoms with E-state index in [9.17, 15) is 4.79 Å². The minimum Gasteiger partial charge on any atom is -0.338 e. The van der Waals surface area contributed by atoms with Crippen molar-refractivity contribution in [3.05, 3.63) is 16.4 Å². The van der Waals surface area contributed by atoms with Gasteiger partial charge < -0.3 is 4.90 Å². The van der Waals surface area contributed by atoms with Crippen LogP contribution < -0.4 is 0 Å². The summed E-state index contributed by atoms with van der Waals surface area (Å²) in [6.45, 7) is 1.82. The van der Waals surface area contributed by atoms with Crippen molar-refractivity contribution >= 4 is 17.5 Å². The molecule has 2 aliphatic carbocycles. The van der Waals surface area contributed by atoms with Crippen molar-refractivity contribution in [1.29, 1.82) is 0 Å². The molecule has 2 saturated carbocycles. The topological polar surface area (TPSA) is 49.0 Å². The lowest BCUT2D eigenvalue weighted by molar-refractivity contribution is 0.0786. The van der Waals surface area contributed by atoms with E-state index < -0.39 is 0 Å². The van der Waals surface area contributed by atoms with Crippen LogP contribution in [0.3, 0.4) is 0 Å². The molecular weight excluding hydrogens is 250 g/mol. The van der Waals surface area contributed by atoms with Crippen molar-refractivity contribution in [3.8, 4) is 0 Å². The Labute approximate surface area is 111 Å². The molecule has 1 amide bonds. The molecule has 1 N–H and O–H groups in total. The highest BCUT2D eigenvalue weighted by atomic mass is 35.5. The number of fused-ring (bicyclic) bond motifs is 1. The van der Waals surface area contributed by atoms with E-state index >= 15 is 0 Å². The Morgan fingerprint density at radius 2 is 1.89 bits per heavy atom. The highest BCUT2D eigenvalue weighted by Crippen LogP contribution is 2.44. The molecule has 1 saturated heterocycles. The fourth-order valence-corrected chi connectivity index (χ4v) is 3.51. The number of amides is 1. The highest BCUT2D eigenvalue weighted by molar-refractivity contribution is 6.32. The van der Waals surface area contributed by atoms with Gasteiger partial charge in [-0.3, -0.25) is 9.89 Å². The second-order valence-electron chi connectivity index (χ2n) is 5.89. The number of hydrogen-bond donors (Lipinski definition) is 1. The number of halogens is 1. The Hall–Kier alpha value is -1.03. The molecule has 3 aliphatic rings. The maximum Gasteiger partial charge on any atom is 0.258 e. The Morgan fingerprint density at radius 3 is 2.44 bits per heavy atom. The lowest BCUT2D eigenvalue weighted by atomic mass is 9.77. The molecule has 0 aromatic carbocycles. The molecule has 0 unspecified atom stereocenters. The molecule has 1 aliphatic heterocycles. The van der Waals surface area contributed by atoms with Crippen LogP contribution in [0.4, 0.5) is 0 Å². The zero-order valence-corrected chi connectivity index (χ0v) is 10.9. The van der Waals surface area contributed by atoms with Crippen LogP contribution in [0.2, 0.25) is 5.15 Å². The van der Waals surface area contributed by atoms with E-state index in [2.05, 4.69) is 10.2 Å². The van der Waals surface area contributed by atoms with E-state index in [0.717, 1.165) is 43.5 Å². The third-order valence-corrected chi connectivity index (χ3v) is 5.00. The molecular formula is C13H16ClN3O. The van der Waals surface area contributed by atoms with E-state index in [1.165, 1.54) is 12.8 Å². The lowest BCUT2D eigenvalue weighted by Gasteiger charge is -2.27. The summed E-state index contributed by atoms with van der Waals surface area (Å²) in [4.78, 5) is 14.6. The minimum atomic E-state index is 0.0880. The Morgan fingerprint density at radius 1 is 1.22 bits per heavy atom. The normalized spacial score (nSPS) is 30.2. The number of aromatic amines is 1. The highest BCUT2D eigenvalue weighted by Gasteiger charge is 2.43. The van der Waals surface area contributed by atoms with Gasteiger partial charge in [0.1, 0.15) is 0 Å². The van der Waals surface area contributed by atoms with Crippen molar-refractivity contribution in [2.75, 3.05) is 13.1 Å². The average Bonchev–Trinajstić information content (AvgIpc) is 3.04. The Bertz CT molecular complexity index is 496. The van der Waals surface area contributed by atoms with Gasteiger partial charge in [0.05, 0.1) is 11.3 Å². The molecule has 0 spiro atoms. The van der Waals surface area contributed by atoms with E-state index in [1.54, 1.807) is 0 Å². The van der Waals surface area contributed by atoms with Gasteiger partial charge in [-0.15, -0.1) is 0 Å². The van der Waals surface area contributed by atoms with Crippen LogP contribution >= 0.6 is 11.6 Å². The quantitative estimate of drug-likeness (QED) is 0.893. The first-order chi connectivity index (χ1) is 8.74. The van der Waals surface area contributed by atoms with Crippen molar-refractivity contribution in [3.63, 3.8) is 0 Å². The van der Waals surface area contributed by atoms with Crippen LogP contribution in [0.15, 0.2) is 0 Å². The van der Waals surface area contributed by atoms with Gasteiger partial charge in [-0.05, 0) is 37.5 Å². The molecule has 4 nitrogen and oxygen atoms in total. The summed E-state index contributed by atoms with van der Waals surface area (Å²) < 4.78 is 0. The van der Waals surface area contributed by atoms with Crippen molar-refractivity contribution in [1.82, 2.24) is 15.1 Å². The maximum absolute atomic E-state index is 12.6. The SMILES string of the molecule is O=C(c1c(Cl)n[nH]c1C1CC1)N1C[C@H]2CC[C@H]2C1. The molecule has 0 bridgehead atoms. The van der Waals surface area contributed by atoms with E-state index in [-0.39, 0.29) is 5.91 Å². The molecule has 1 aromatic rings. The molecule has 4 rings (SSSR count). The van der Waals surface area contributed by atoms with E-state index in [4.69, 9.17) is 11.6 Å². The van der Waals surface area contributed by atoms with Crippen molar-refractivity contribution in [2.45, 2.75) is 31.6 Å². The number of likely N-dealkylation sites (tertiary alicyclic amines) is 1. The first kappa shape index (κ1) is 10.9. The van der Waals surface area contributed by atoms with Gasteiger partial charge in [-0.1, -0.05) is 11.6 Å². The number of H-pyrrole nitrogens is 1. The van der Waals surface area contributed by atoms with Crippen molar-refractivity contribution in [2.24, 2.45) is 11.8 Å². The Balaban J connectivity index is 1.62. The predicted molar refractivity (Wildman–Crippen MR) is 67.7 cm³/mol. The number of carbonyl (C=O) groups is 1. The van der Waals surface area contributed by atoms with E-state index in [1.807, 2.05) is 4.90 Å². The number of rotatable bonds is 2. The zero-order valence-electron chi connectivity index (χ0n) is 10.2. The number of nitrogens with zero attached hydrogens (tertiary/aromatic N) is 2. The van der Waals surface area contributed by atoms with Crippen LogP contribution in [0, 0.1) is 11.8 Å². The van der Waals surface area contributed by atoms with E-state index in [0.29, 0.717) is 16.6 Å². The largest absolute Gasteiger partial charge is 0.338 e. The monoisotopic (exact) mass is 265 g/mol. The van der Waals surface area contributed by atoms with Gasteiger partial charge in [0, 0.05) is 19.0 Å². The smallest absolute Gasteiger partial charge is 0.258 e. The molecule has 96 valence electrons. The molecule has 0 radical (unpaired) electrons. The molecule has 3 fully saturated rings. The second kappa shape index (κ2) is 3.73. The van der Waals surface area contributed by atoms with Gasteiger partial charge >= 0.3 is 0 Å². The standard InChI is InChI=1S/C13H16ClN3O/c14-12-10(11(15-16-12)7-1-2-7)13(18)17-5-8-3-4-9(8)6-17/h7-9H,1-6H2,(H,15,16)/t8-,9+. The number of nitrogens with one attached hydrogen (secondary N) is 1. The molecule has 2 heterocycles. The van der Waals surface area contributed by atoms with Gasteiger partial charge in [-0.2, -0.15) is 5.10 Å². The zero-order chi connectivity index (χ0) is 12.3. The summed E-state index contributed by atoms with van der Waals surface area (Å²) in [7, 11) is 0. The van der Waals surface area contributed by atoms with Gasteiger partial charge in [0.25, 0.3) is 5.91 Å². The summed E-state index contributed by atoms with van der Waals surface area (Å²) in [6.07, 6.45) is 4.85. The number of aromatic nitrogens is 2. The summed E-state index contributed by atoms with van der Waals surface area (Å²) >= 11 is 6.09. The number of carbonyl (C=O) groups excluding carboxylic acids is 1. The van der Waals surface area contributed by atoms with Crippen LogP contribution in [0.25, 0.3) is 0 Å². The molecule has 2 atom stereocenters. The van der Waals surface area contributed by atoms with Crippen LogP contribution in [0.5, 0.6) is 0 Å². The van der Waals surface area contributed by atoms with Gasteiger partial charge in [-0.25, -0.2) is 0 Å². The number of hydrogen-bond acceptors (Lipinski definition) is 2. The fourth-order valence-electron chi connectivity index (χ4n) is 3.29. The molecule has 1 aromatic heterocycles. The second-order valence-corrected chi connectivity index (χ2v) is 6.24. The summed E-state index contributed by atoms with van der Waals surface area (Å²) in [5.74, 6) is 2.04. The molecule has 18 heavy (non-hydrogen) atoms. The summed E-state index contributed by atoms with van der Waals surface area (Å²) in [5.41, 5.74) is 1.60. The van der Waals surface area contributed by atoms with Crippen molar-refractivity contribution < 1.29 is 4.79 Å². The van der Waals surface area contributed by atoms with Gasteiger partial charge in [0.15, 0.2) is 5.15 Å². The Kier molecular flexibility index (Phi) is 2.25. The minimum absolute atomic E-state index is 0.0880. The lowest BCUT2D eigenvalue weighted by Crippen LogP contribution is -2.29. The fraction of sp³-hybridized carbons (Fsp3) is 0.692. The maximum atomic E-state index is 12.6.